The predicted octanol–water partition coefficient (Wildman–Crippen LogP) is 11.6. The number of para-hydroxylation sites is 2. The van der Waals surface area contributed by atoms with E-state index in [1.54, 1.807) is 0 Å². The Morgan fingerprint density at radius 1 is 0.552 bits per heavy atom. The summed E-state index contributed by atoms with van der Waals surface area (Å²) < 4.78 is 19.5. The van der Waals surface area contributed by atoms with E-state index in [0.717, 1.165) is 60.0 Å². The fraction of sp³-hybridized carbons (Fsp3) is 0.375. The van der Waals surface area contributed by atoms with Gasteiger partial charge in [0.25, 0.3) is 5.91 Å². The summed E-state index contributed by atoms with van der Waals surface area (Å²) in [4.78, 5) is 37.0. The zero-order valence-corrected chi connectivity index (χ0v) is 38.7. The molecule has 11 nitrogen and oxygen atoms in total. The van der Waals surface area contributed by atoms with Gasteiger partial charge in [-0.1, -0.05) is 87.1 Å². The third kappa shape index (κ3) is 7.16. The molecule has 11 heteroatoms. The summed E-state index contributed by atoms with van der Waals surface area (Å²) >= 11 is 0. The molecule has 12 rings (SSSR count). The van der Waals surface area contributed by atoms with Gasteiger partial charge in [-0.2, -0.15) is 0 Å². The molecule has 4 aliphatic rings. The Labute approximate surface area is 390 Å². The fourth-order valence-electron chi connectivity index (χ4n) is 12.6. The molecule has 4 aromatic carbocycles. The van der Waals surface area contributed by atoms with E-state index >= 15 is 0 Å². The van der Waals surface area contributed by atoms with Crippen LogP contribution >= 0.6 is 0 Å². The lowest BCUT2D eigenvalue weighted by Crippen LogP contribution is -2.19. The second-order valence-corrected chi connectivity index (χ2v) is 19.2. The Kier molecular flexibility index (Phi) is 11.3. The maximum atomic E-state index is 12.4. The molecule has 344 valence electrons. The van der Waals surface area contributed by atoms with Crippen molar-refractivity contribution in [2.24, 2.45) is 11.5 Å². The Balaban J connectivity index is 0.000000148. The van der Waals surface area contributed by atoms with E-state index in [1.165, 1.54) is 134 Å². The molecule has 0 spiro atoms. The first-order valence-electron chi connectivity index (χ1n) is 24.5. The molecule has 6 heterocycles. The number of nitrogens with zero attached hydrogens (tertiary/aromatic N) is 4. The molecule has 2 fully saturated rings. The maximum absolute atomic E-state index is 12.4. The quantitative estimate of drug-likeness (QED) is 0.159. The van der Waals surface area contributed by atoms with Gasteiger partial charge in [-0.25, -0.2) is 9.59 Å². The fourth-order valence-corrected chi connectivity index (χ4v) is 12.6. The monoisotopic (exact) mass is 896 g/mol. The number of hydrogen-bond acceptors (Lipinski definition) is 6. The van der Waals surface area contributed by atoms with E-state index in [2.05, 4.69) is 72.9 Å². The van der Waals surface area contributed by atoms with Gasteiger partial charge in [0.15, 0.2) is 0 Å². The van der Waals surface area contributed by atoms with Crippen molar-refractivity contribution in [2.45, 2.75) is 122 Å². The van der Waals surface area contributed by atoms with Crippen molar-refractivity contribution >= 4 is 61.5 Å². The van der Waals surface area contributed by atoms with Crippen LogP contribution in [0.4, 0.5) is 0 Å². The summed E-state index contributed by atoms with van der Waals surface area (Å²) in [6.45, 7) is 3.93. The number of carbonyl (C=O) groups is 3. The molecule has 4 aromatic heterocycles. The molecule has 2 aliphatic heterocycles. The standard InChI is InChI=1S/C28H29N3O3.C28H31N3O2/c1-34-28(33)19-11-12-20-22(16-19)30-13-6-14-31-23(27(29)32)15-18-9-5-10-21(25(18)31)26(30)24(20)17-7-3-2-4-8-17;1-33-28(32)20-11-12-22-24(16-20)31-14-6-13-30-21(17-29)15-19-9-5-10-23(26(19)30)27(31)25(22)18-7-3-2-4-8-18/h5,9-12,15-17H,2-4,6-8,13-14H2,1H3,(H2,29,32);5,9-12,15-16,18H,2-4,6-8,13-14,17,29H2,1H3. The van der Waals surface area contributed by atoms with E-state index in [1.807, 2.05) is 30.3 Å². The molecule has 8 aromatic rings. The molecule has 0 radical (unpaired) electrons. The number of esters is 2. The SMILES string of the molecule is COC(=O)c1ccc2c(C3CCCCC3)c3n(c2c1)CCCn1c(C(N)=O)cc2cccc-3c21.COC(=O)c1ccc2c(C3CCCCC3)c3n(c2c1)CCCn1c(CN)cc2cccc-3c21. The van der Waals surface area contributed by atoms with Gasteiger partial charge in [0.05, 0.1) is 47.8 Å². The van der Waals surface area contributed by atoms with Gasteiger partial charge in [0.2, 0.25) is 0 Å². The van der Waals surface area contributed by atoms with Gasteiger partial charge < -0.3 is 39.2 Å². The van der Waals surface area contributed by atoms with Crippen molar-refractivity contribution in [3.05, 3.63) is 119 Å². The van der Waals surface area contributed by atoms with Crippen molar-refractivity contribution in [2.75, 3.05) is 14.2 Å². The summed E-state index contributed by atoms with van der Waals surface area (Å²) in [6.07, 6.45) is 14.4. The number of benzene rings is 4. The summed E-state index contributed by atoms with van der Waals surface area (Å²) in [6, 6.07) is 29.3. The lowest BCUT2D eigenvalue weighted by molar-refractivity contribution is 0.0592. The van der Waals surface area contributed by atoms with Gasteiger partial charge in [-0.05, 0) is 97.9 Å². The van der Waals surface area contributed by atoms with E-state index in [4.69, 9.17) is 20.9 Å². The molecule has 1 amide bonds. The number of aryl methyl sites for hydroxylation is 4. The third-order valence-corrected chi connectivity index (χ3v) is 15.5. The highest BCUT2D eigenvalue weighted by atomic mass is 16.5. The first-order chi connectivity index (χ1) is 32.8. The third-order valence-electron chi connectivity index (χ3n) is 15.5. The smallest absolute Gasteiger partial charge is 0.337 e. The van der Waals surface area contributed by atoms with Crippen molar-refractivity contribution in [3.8, 4) is 22.5 Å². The molecule has 0 unspecified atom stereocenters. The maximum Gasteiger partial charge on any atom is 0.337 e. The number of primary amides is 1. The van der Waals surface area contributed by atoms with Crippen LogP contribution in [-0.2, 0) is 42.2 Å². The highest BCUT2D eigenvalue weighted by Gasteiger charge is 2.32. The molecular weight excluding hydrogens is 837 g/mol. The lowest BCUT2D eigenvalue weighted by Gasteiger charge is -2.25. The Morgan fingerprint density at radius 3 is 1.49 bits per heavy atom. The van der Waals surface area contributed by atoms with Crippen LogP contribution in [0.15, 0.2) is 84.9 Å². The van der Waals surface area contributed by atoms with E-state index < -0.39 is 5.91 Å². The van der Waals surface area contributed by atoms with E-state index in [0.29, 0.717) is 41.7 Å². The number of carbonyl (C=O) groups excluding carboxylic acids is 3. The number of methoxy groups -OCH3 is 2. The van der Waals surface area contributed by atoms with Gasteiger partial charge in [0.1, 0.15) is 5.69 Å². The summed E-state index contributed by atoms with van der Waals surface area (Å²) in [7, 11) is 2.88. The van der Waals surface area contributed by atoms with Crippen LogP contribution in [0.5, 0.6) is 0 Å². The molecule has 67 heavy (non-hydrogen) atoms. The van der Waals surface area contributed by atoms with Crippen LogP contribution in [0, 0.1) is 0 Å². The Bertz CT molecular complexity index is 3260. The molecule has 4 N–H and O–H groups in total. The average Bonchev–Trinajstić information content (AvgIpc) is 4.10. The number of fused-ring (bicyclic) bond motifs is 8. The van der Waals surface area contributed by atoms with Gasteiger partial charge in [0, 0.05) is 82.1 Å². The summed E-state index contributed by atoms with van der Waals surface area (Å²) in [5.41, 5.74) is 27.4. The zero-order valence-electron chi connectivity index (χ0n) is 38.7. The van der Waals surface area contributed by atoms with Gasteiger partial charge >= 0.3 is 11.9 Å². The van der Waals surface area contributed by atoms with Crippen LogP contribution in [-0.4, -0.2) is 50.3 Å². The van der Waals surface area contributed by atoms with E-state index in [9.17, 15) is 14.4 Å². The van der Waals surface area contributed by atoms with Crippen molar-refractivity contribution < 1.29 is 23.9 Å². The Morgan fingerprint density at radius 2 is 1.01 bits per heavy atom. The highest BCUT2D eigenvalue weighted by Crippen LogP contribution is 2.49. The summed E-state index contributed by atoms with van der Waals surface area (Å²) in [5, 5.41) is 4.81. The topological polar surface area (TPSA) is 141 Å². The van der Waals surface area contributed by atoms with Gasteiger partial charge in [-0.3, -0.25) is 4.79 Å². The zero-order chi connectivity index (χ0) is 45.9. The second-order valence-electron chi connectivity index (χ2n) is 19.2. The minimum Gasteiger partial charge on any atom is -0.465 e. The normalized spacial score (nSPS) is 16.4. The van der Waals surface area contributed by atoms with Crippen LogP contribution in [0.25, 0.3) is 66.1 Å². The van der Waals surface area contributed by atoms with Crippen LogP contribution in [0.1, 0.15) is 137 Å². The number of ether oxygens (including phenoxy) is 2. The predicted molar refractivity (Wildman–Crippen MR) is 266 cm³/mol. The highest BCUT2D eigenvalue weighted by molar-refractivity contribution is 6.06. The molecule has 0 atom stereocenters. The number of aromatic nitrogens is 4. The first-order valence-corrected chi connectivity index (χ1v) is 24.5. The minimum absolute atomic E-state index is 0.277. The van der Waals surface area contributed by atoms with Crippen LogP contribution in [0.2, 0.25) is 0 Å². The van der Waals surface area contributed by atoms with Crippen molar-refractivity contribution in [3.63, 3.8) is 0 Å². The van der Waals surface area contributed by atoms with Crippen molar-refractivity contribution in [1.82, 2.24) is 18.3 Å². The number of rotatable bonds is 6. The number of amides is 1. The Hall–Kier alpha value is -6.59. The lowest BCUT2D eigenvalue weighted by atomic mass is 9.81. The number of nitrogens with two attached hydrogens (primary N) is 2. The molecule has 0 bridgehead atoms. The van der Waals surface area contributed by atoms with Crippen LogP contribution in [0.3, 0.4) is 0 Å². The molecule has 2 saturated carbocycles. The minimum atomic E-state index is -0.390. The van der Waals surface area contributed by atoms with Crippen LogP contribution < -0.4 is 11.5 Å². The largest absolute Gasteiger partial charge is 0.465 e. The molecular formula is C56H60N6O5. The second kappa shape index (κ2) is 17.6. The van der Waals surface area contributed by atoms with Gasteiger partial charge in [-0.15, -0.1) is 0 Å². The first kappa shape index (κ1) is 43.0. The number of hydrogen-bond donors (Lipinski definition) is 2. The molecule has 2 aliphatic carbocycles. The summed E-state index contributed by atoms with van der Waals surface area (Å²) in [5.74, 6) is 0.0443. The van der Waals surface area contributed by atoms with E-state index in [-0.39, 0.29) is 11.9 Å². The van der Waals surface area contributed by atoms with Crippen molar-refractivity contribution in [1.29, 1.82) is 0 Å². The molecule has 0 saturated heterocycles. The average molecular weight is 897 g/mol.